The third kappa shape index (κ3) is 2.82. The van der Waals surface area contributed by atoms with Crippen LogP contribution in [0.15, 0.2) is 23.1 Å². The van der Waals surface area contributed by atoms with E-state index in [1.54, 1.807) is 6.07 Å². The van der Waals surface area contributed by atoms with Crippen molar-refractivity contribution < 1.29 is 8.60 Å². The Labute approximate surface area is 97.5 Å². The quantitative estimate of drug-likeness (QED) is 0.827. The number of benzene rings is 1. The zero-order chi connectivity index (χ0) is 11.5. The largest absolute Gasteiger partial charge is 0.399 e. The van der Waals surface area contributed by atoms with E-state index in [0.29, 0.717) is 22.3 Å². The lowest BCUT2D eigenvalue weighted by Gasteiger charge is -2.09. The molecule has 0 saturated heterocycles. The van der Waals surface area contributed by atoms with Crippen LogP contribution in [0.5, 0.6) is 0 Å². The van der Waals surface area contributed by atoms with Crippen LogP contribution >= 0.6 is 0 Å². The fourth-order valence-electron chi connectivity index (χ4n) is 2.20. The number of halogens is 1. The average Bonchev–Trinajstić information content (AvgIpc) is 2.68. The summed E-state index contributed by atoms with van der Waals surface area (Å²) in [7, 11) is -1.11. The highest BCUT2D eigenvalue weighted by molar-refractivity contribution is 7.85. The molecule has 1 fully saturated rings. The lowest BCUT2D eigenvalue weighted by Crippen LogP contribution is -2.08. The SMILES string of the molecule is Nc1cc(F)cc(S(=O)CC2CCCC2)c1. The van der Waals surface area contributed by atoms with Gasteiger partial charge in [-0.2, -0.15) is 0 Å². The van der Waals surface area contributed by atoms with Crippen molar-refractivity contribution in [3.05, 3.63) is 24.0 Å². The first-order valence-corrected chi connectivity index (χ1v) is 6.91. The molecule has 0 aliphatic heterocycles. The Hall–Kier alpha value is -0.900. The second-order valence-electron chi connectivity index (χ2n) is 4.38. The van der Waals surface area contributed by atoms with Gasteiger partial charge in [-0.25, -0.2) is 4.39 Å². The summed E-state index contributed by atoms with van der Waals surface area (Å²) < 4.78 is 25.1. The number of hydrogen-bond acceptors (Lipinski definition) is 2. The van der Waals surface area contributed by atoms with Gasteiger partial charge in [0.25, 0.3) is 0 Å². The highest BCUT2D eigenvalue weighted by Gasteiger charge is 2.18. The van der Waals surface area contributed by atoms with E-state index in [2.05, 4.69) is 0 Å². The standard InChI is InChI=1S/C12H16FNOS/c13-10-5-11(14)7-12(6-10)16(15)8-9-3-1-2-4-9/h5-7,9H,1-4,8,14H2. The lowest BCUT2D eigenvalue weighted by molar-refractivity contribution is 0.602. The van der Waals surface area contributed by atoms with E-state index in [-0.39, 0.29) is 0 Å². The van der Waals surface area contributed by atoms with Crippen LogP contribution in [0, 0.1) is 11.7 Å². The van der Waals surface area contributed by atoms with Crippen molar-refractivity contribution in [3.63, 3.8) is 0 Å². The summed E-state index contributed by atoms with van der Waals surface area (Å²) >= 11 is 0. The van der Waals surface area contributed by atoms with E-state index >= 15 is 0 Å². The first-order chi connectivity index (χ1) is 7.65. The predicted molar refractivity (Wildman–Crippen MR) is 64.0 cm³/mol. The highest BCUT2D eigenvalue weighted by Crippen LogP contribution is 2.27. The molecule has 1 atom stereocenters. The molecule has 0 radical (unpaired) electrons. The van der Waals surface area contributed by atoms with Gasteiger partial charge in [-0.15, -0.1) is 0 Å². The van der Waals surface area contributed by atoms with Gasteiger partial charge in [-0.3, -0.25) is 4.21 Å². The van der Waals surface area contributed by atoms with Crippen molar-refractivity contribution in [1.29, 1.82) is 0 Å². The van der Waals surface area contributed by atoms with E-state index in [1.165, 1.54) is 25.0 Å². The molecule has 1 aliphatic rings. The van der Waals surface area contributed by atoms with Gasteiger partial charge < -0.3 is 5.73 Å². The predicted octanol–water partition coefficient (Wildman–Crippen LogP) is 2.71. The minimum absolute atomic E-state index is 0.342. The first-order valence-electron chi connectivity index (χ1n) is 5.59. The zero-order valence-electron chi connectivity index (χ0n) is 9.12. The third-order valence-corrected chi connectivity index (χ3v) is 4.55. The van der Waals surface area contributed by atoms with Crippen molar-refractivity contribution in [3.8, 4) is 0 Å². The number of nitrogen functional groups attached to an aromatic ring is 1. The van der Waals surface area contributed by atoms with Crippen LogP contribution < -0.4 is 5.73 Å². The Balaban J connectivity index is 2.07. The second kappa shape index (κ2) is 4.95. The van der Waals surface area contributed by atoms with Gasteiger partial charge in [0.15, 0.2) is 0 Å². The molecule has 2 nitrogen and oxygen atoms in total. The summed E-state index contributed by atoms with van der Waals surface area (Å²) in [5, 5.41) is 0. The molecule has 16 heavy (non-hydrogen) atoms. The average molecular weight is 241 g/mol. The van der Waals surface area contributed by atoms with Crippen LogP contribution in [0.2, 0.25) is 0 Å². The summed E-state index contributed by atoms with van der Waals surface area (Å²) in [5.74, 6) is 0.767. The molecular weight excluding hydrogens is 225 g/mol. The van der Waals surface area contributed by atoms with E-state index in [1.807, 2.05) is 0 Å². The third-order valence-electron chi connectivity index (χ3n) is 3.02. The molecule has 1 aromatic rings. The number of nitrogens with two attached hydrogens (primary N) is 1. The van der Waals surface area contributed by atoms with Crippen LogP contribution in [0.4, 0.5) is 10.1 Å². The summed E-state index contributed by atoms with van der Waals surface area (Å²) in [6, 6.07) is 4.17. The highest BCUT2D eigenvalue weighted by atomic mass is 32.2. The minimum atomic E-state index is -1.11. The number of rotatable bonds is 3. The van der Waals surface area contributed by atoms with Crippen molar-refractivity contribution in [2.24, 2.45) is 5.92 Å². The van der Waals surface area contributed by atoms with Gasteiger partial charge in [-0.1, -0.05) is 12.8 Å². The van der Waals surface area contributed by atoms with Crippen LogP contribution in [0.3, 0.4) is 0 Å². The molecule has 88 valence electrons. The molecule has 2 rings (SSSR count). The molecule has 4 heteroatoms. The minimum Gasteiger partial charge on any atom is -0.399 e. The normalized spacial score (nSPS) is 18.8. The molecule has 1 aliphatic carbocycles. The Morgan fingerprint density at radius 2 is 2.00 bits per heavy atom. The van der Waals surface area contributed by atoms with E-state index < -0.39 is 16.6 Å². The Morgan fingerprint density at radius 3 is 2.62 bits per heavy atom. The maximum absolute atomic E-state index is 13.1. The van der Waals surface area contributed by atoms with Gasteiger partial charge in [0.2, 0.25) is 0 Å². The Kier molecular flexibility index (Phi) is 3.59. The van der Waals surface area contributed by atoms with Gasteiger partial charge >= 0.3 is 0 Å². The molecule has 0 bridgehead atoms. The van der Waals surface area contributed by atoms with Crippen LogP contribution in [-0.4, -0.2) is 9.96 Å². The van der Waals surface area contributed by atoms with Gasteiger partial charge in [0.1, 0.15) is 5.82 Å². The van der Waals surface area contributed by atoms with Gasteiger partial charge in [0.05, 0.1) is 10.8 Å². The molecule has 0 aromatic heterocycles. The van der Waals surface area contributed by atoms with E-state index in [4.69, 9.17) is 5.73 Å². The van der Waals surface area contributed by atoms with Gasteiger partial charge in [0, 0.05) is 16.3 Å². The lowest BCUT2D eigenvalue weighted by atomic mass is 10.1. The summed E-state index contributed by atoms with van der Waals surface area (Å²) in [6.45, 7) is 0. The monoisotopic (exact) mass is 241 g/mol. The van der Waals surface area contributed by atoms with Gasteiger partial charge in [-0.05, 0) is 37.0 Å². The number of anilines is 1. The van der Waals surface area contributed by atoms with E-state index in [9.17, 15) is 8.60 Å². The van der Waals surface area contributed by atoms with Crippen LogP contribution in [-0.2, 0) is 10.8 Å². The second-order valence-corrected chi connectivity index (χ2v) is 5.88. The smallest absolute Gasteiger partial charge is 0.126 e. The van der Waals surface area contributed by atoms with Crippen LogP contribution in [0.1, 0.15) is 25.7 Å². The molecule has 0 spiro atoms. The molecular formula is C12H16FNOS. The van der Waals surface area contributed by atoms with Crippen molar-refractivity contribution >= 4 is 16.5 Å². The van der Waals surface area contributed by atoms with Crippen molar-refractivity contribution in [2.75, 3.05) is 11.5 Å². The first kappa shape index (κ1) is 11.6. The van der Waals surface area contributed by atoms with Crippen molar-refractivity contribution in [2.45, 2.75) is 30.6 Å². The molecule has 1 saturated carbocycles. The molecule has 1 aromatic carbocycles. The Bertz CT molecular complexity index is 382. The van der Waals surface area contributed by atoms with E-state index in [0.717, 1.165) is 12.8 Å². The van der Waals surface area contributed by atoms with Crippen molar-refractivity contribution in [1.82, 2.24) is 0 Å². The fraction of sp³-hybridized carbons (Fsp3) is 0.500. The summed E-state index contributed by atoms with van der Waals surface area (Å²) in [6.07, 6.45) is 4.76. The molecule has 0 amide bonds. The maximum Gasteiger partial charge on any atom is 0.126 e. The zero-order valence-corrected chi connectivity index (χ0v) is 9.93. The maximum atomic E-state index is 13.1. The Morgan fingerprint density at radius 1 is 1.31 bits per heavy atom. The topological polar surface area (TPSA) is 43.1 Å². The molecule has 1 unspecified atom stereocenters. The van der Waals surface area contributed by atoms with Crippen LogP contribution in [0.25, 0.3) is 0 Å². The fourth-order valence-corrected chi connectivity index (χ4v) is 3.67. The molecule has 2 N–H and O–H groups in total. The number of hydrogen-bond donors (Lipinski definition) is 1. The molecule has 0 heterocycles. The summed E-state index contributed by atoms with van der Waals surface area (Å²) in [4.78, 5) is 0.518. The summed E-state index contributed by atoms with van der Waals surface area (Å²) in [5.41, 5.74) is 5.87.